The Morgan fingerprint density at radius 2 is 1.65 bits per heavy atom. The first-order valence-electron chi connectivity index (χ1n) is 7.32. The average Bonchev–Trinajstić information content (AvgIpc) is 2.49. The number of alkyl halides is 1. The Morgan fingerprint density at radius 1 is 1.05 bits per heavy atom. The fraction of sp³-hybridized carbons (Fsp3) is 0.625. The van der Waals surface area contributed by atoms with Crippen molar-refractivity contribution in [2.45, 2.75) is 32.7 Å². The molecule has 0 amide bonds. The van der Waals surface area contributed by atoms with Crippen LogP contribution in [-0.4, -0.2) is 43.6 Å². The molecule has 0 N–H and O–H groups in total. The first-order valence-corrected chi connectivity index (χ1v) is 7.85. The molecule has 0 aromatic heterocycles. The smallest absolute Gasteiger partial charge is 0.119 e. The summed E-state index contributed by atoms with van der Waals surface area (Å²) in [5.74, 6) is 2.39. The van der Waals surface area contributed by atoms with Crippen LogP contribution in [0.2, 0.25) is 0 Å². The van der Waals surface area contributed by atoms with E-state index in [4.69, 9.17) is 21.1 Å². The molecule has 1 aromatic carbocycles. The van der Waals surface area contributed by atoms with Crippen molar-refractivity contribution >= 4 is 11.6 Å². The van der Waals surface area contributed by atoms with Gasteiger partial charge in [0, 0.05) is 25.0 Å². The van der Waals surface area contributed by atoms with Crippen LogP contribution < -0.4 is 9.47 Å². The third-order valence-corrected chi connectivity index (χ3v) is 3.71. The maximum absolute atomic E-state index is 5.89. The van der Waals surface area contributed by atoms with Crippen LogP contribution >= 0.6 is 11.6 Å². The van der Waals surface area contributed by atoms with Crippen molar-refractivity contribution < 1.29 is 9.47 Å². The maximum atomic E-state index is 5.89. The molecule has 0 heterocycles. The lowest BCUT2D eigenvalue weighted by Gasteiger charge is -2.29. The van der Waals surface area contributed by atoms with Crippen molar-refractivity contribution in [1.82, 2.24) is 4.90 Å². The largest absolute Gasteiger partial charge is 0.497 e. The summed E-state index contributed by atoms with van der Waals surface area (Å²) in [6.45, 7) is 6.95. The molecule has 0 atom stereocenters. The zero-order chi connectivity index (χ0) is 14.8. The standard InChI is InChI=1S/C16H26ClNO2/c1-4-14(5-2)18(11-10-17)12-13-20-16-8-6-15(19-3)7-9-16/h6-9,14H,4-5,10-13H2,1-3H3. The van der Waals surface area contributed by atoms with Crippen molar-refractivity contribution in [1.29, 1.82) is 0 Å². The second kappa shape index (κ2) is 9.89. The Morgan fingerprint density at radius 3 is 2.15 bits per heavy atom. The summed E-state index contributed by atoms with van der Waals surface area (Å²) in [7, 11) is 1.66. The van der Waals surface area contributed by atoms with Crippen LogP contribution in [0.4, 0.5) is 0 Å². The lowest BCUT2D eigenvalue weighted by Crippen LogP contribution is -2.38. The molecule has 0 aliphatic carbocycles. The van der Waals surface area contributed by atoms with E-state index in [2.05, 4.69) is 18.7 Å². The molecule has 1 aromatic rings. The molecule has 0 fully saturated rings. The molecule has 3 nitrogen and oxygen atoms in total. The summed E-state index contributed by atoms with van der Waals surface area (Å²) in [5, 5.41) is 0. The lowest BCUT2D eigenvalue weighted by atomic mass is 10.1. The molecule has 0 saturated carbocycles. The fourth-order valence-electron chi connectivity index (χ4n) is 2.34. The minimum absolute atomic E-state index is 0.591. The van der Waals surface area contributed by atoms with Gasteiger partial charge in [0.2, 0.25) is 0 Å². The Bertz CT molecular complexity index is 352. The molecule has 0 unspecified atom stereocenters. The highest BCUT2D eigenvalue weighted by Gasteiger charge is 2.14. The highest BCUT2D eigenvalue weighted by atomic mass is 35.5. The number of benzene rings is 1. The van der Waals surface area contributed by atoms with Crippen molar-refractivity contribution in [3.63, 3.8) is 0 Å². The number of hydrogen-bond donors (Lipinski definition) is 0. The second-order valence-electron chi connectivity index (χ2n) is 4.72. The van der Waals surface area contributed by atoms with E-state index in [0.717, 1.165) is 37.4 Å². The highest BCUT2D eigenvalue weighted by Crippen LogP contribution is 2.17. The van der Waals surface area contributed by atoms with E-state index < -0.39 is 0 Å². The van der Waals surface area contributed by atoms with Gasteiger partial charge in [-0.1, -0.05) is 13.8 Å². The van der Waals surface area contributed by atoms with Gasteiger partial charge in [-0.15, -0.1) is 11.6 Å². The van der Waals surface area contributed by atoms with Gasteiger partial charge < -0.3 is 9.47 Å². The summed E-state index contributed by atoms with van der Waals surface area (Å²) in [5.41, 5.74) is 0. The van der Waals surface area contributed by atoms with Gasteiger partial charge in [0.15, 0.2) is 0 Å². The van der Waals surface area contributed by atoms with E-state index in [-0.39, 0.29) is 0 Å². The maximum Gasteiger partial charge on any atom is 0.119 e. The molecule has 0 aliphatic rings. The average molecular weight is 300 g/mol. The summed E-state index contributed by atoms with van der Waals surface area (Å²) in [4.78, 5) is 2.41. The topological polar surface area (TPSA) is 21.7 Å². The zero-order valence-electron chi connectivity index (χ0n) is 12.8. The Hall–Kier alpha value is -0.930. The lowest BCUT2D eigenvalue weighted by molar-refractivity contribution is 0.159. The third kappa shape index (κ3) is 5.59. The van der Waals surface area contributed by atoms with Crippen LogP contribution in [-0.2, 0) is 0 Å². The van der Waals surface area contributed by atoms with E-state index in [9.17, 15) is 0 Å². The summed E-state index contributed by atoms with van der Waals surface area (Å²) < 4.78 is 10.9. The number of hydrogen-bond acceptors (Lipinski definition) is 3. The quantitative estimate of drug-likeness (QED) is 0.613. The highest BCUT2D eigenvalue weighted by molar-refractivity contribution is 6.18. The number of halogens is 1. The van der Waals surface area contributed by atoms with Crippen LogP contribution in [0.5, 0.6) is 11.5 Å². The van der Waals surface area contributed by atoms with Gasteiger partial charge in [0.25, 0.3) is 0 Å². The predicted molar refractivity (Wildman–Crippen MR) is 85.2 cm³/mol. The van der Waals surface area contributed by atoms with E-state index in [1.807, 2.05) is 24.3 Å². The Labute approximate surface area is 127 Å². The van der Waals surface area contributed by atoms with Gasteiger partial charge in [-0.25, -0.2) is 0 Å². The number of rotatable bonds is 10. The van der Waals surface area contributed by atoms with Crippen LogP contribution in [0.3, 0.4) is 0 Å². The molecule has 20 heavy (non-hydrogen) atoms. The molecule has 0 radical (unpaired) electrons. The van der Waals surface area contributed by atoms with Crippen molar-refractivity contribution in [2.24, 2.45) is 0 Å². The SMILES string of the molecule is CCC(CC)N(CCCl)CCOc1ccc(OC)cc1. The molecule has 0 bridgehead atoms. The number of methoxy groups -OCH3 is 1. The van der Waals surface area contributed by atoms with E-state index in [1.54, 1.807) is 7.11 Å². The van der Waals surface area contributed by atoms with E-state index in [0.29, 0.717) is 18.5 Å². The van der Waals surface area contributed by atoms with Gasteiger partial charge in [-0.3, -0.25) is 4.90 Å². The molecular formula is C16H26ClNO2. The zero-order valence-corrected chi connectivity index (χ0v) is 13.5. The minimum atomic E-state index is 0.591. The van der Waals surface area contributed by atoms with E-state index >= 15 is 0 Å². The van der Waals surface area contributed by atoms with Gasteiger partial charge in [0.1, 0.15) is 18.1 Å². The third-order valence-electron chi connectivity index (χ3n) is 3.54. The van der Waals surface area contributed by atoms with Crippen LogP contribution in [0.15, 0.2) is 24.3 Å². The second-order valence-corrected chi connectivity index (χ2v) is 5.10. The number of ether oxygens (including phenoxy) is 2. The summed E-state index contributed by atoms with van der Waals surface area (Å²) in [6.07, 6.45) is 2.30. The minimum Gasteiger partial charge on any atom is -0.497 e. The molecule has 0 aliphatic heterocycles. The van der Waals surface area contributed by atoms with Crippen LogP contribution in [0, 0.1) is 0 Å². The van der Waals surface area contributed by atoms with Crippen LogP contribution in [0.1, 0.15) is 26.7 Å². The molecule has 0 saturated heterocycles. The Kier molecular flexibility index (Phi) is 8.47. The van der Waals surface area contributed by atoms with E-state index in [1.165, 1.54) is 0 Å². The predicted octanol–water partition coefficient (Wildman–Crippen LogP) is 3.80. The molecule has 4 heteroatoms. The molecule has 1 rings (SSSR count). The summed E-state index contributed by atoms with van der Waals surface area (Å²) in [6, 6.07) is 8.27. The normalized spacial score (nSPS) is 11.1. The molecular weight excluding hydrogens is 274 g/mol. The van der Waals surface area contributed by atoms with Gasteiger partial charge in [-0.2, -0.15) is 0 Å². The molecule has 114 valence electrons. The number of nitrogens with zero attached hydrogens (tertiary/aromatic N) is 1. The van der Waals surface area contributed by atoms with Crippen molar-refractivity contribution in [2.75, 3.05) is 32.7 Å². The molecule has 0 spiro atoms. The fourth-order valence-corrected chi connectivity index (χ4v) is 2.56. The first-order chi connectivity index (χ1) is 9.74. The van der Waals surface area contributed by atoms with Gasteiger partial charge in [0.05, 0.1) is 7.11 Å². The van der Waals surface area contributed by atoms with Gasteiger partial charge >= 0.3 is 0 Å². The van der Waals surface area contributed by atoms with Crippen molar-refractivity contribution in [3.8, 4) is 11.5 Å². The first kappa shape index (κ1) is 17.1. The van der Waals surface area contributed by atoms with Crippen molar-refractivity contribution in [3.05, 3.63) is 24.3 Å². The Balaban J connectivity index is 2.42. The van der Waals surface area contributed by atoms with Gasteiger partial charge in [-0.05, 0) is 37.1 Å². The monoisotopic (exact) mass is 299 g/mol. The van der Waals surface area contributed by atoms with Crippen LogP contribution in [0.25, 0.3) is 0 Å². The summed E-state index contributed by atoms with van der Waals surface area (Å²) >= 11 is 5.89.